The molecule has 0 aliphatic rings. The molecule has 0 bridgehead atoms. The van der Waals surface area contributed by atoms with Gasteiger partial charge < -0.3 is 15.2 Å². The molecule has 0 radical (unpaired) electrons. The SMILES string of the molecule is CCCCN=C(NCC)N(C)Cc1ncc(-c2ccccc2)[nH]1.I. The first kappa shape index (κ1) is 20.5. The van der Waals surface area contributed by atoms with E-state index in [4.69, 9.17) is 0 Å². The summed E-state index contributed by atoms with van der Waals surface area (Å²) in [5.41, 5.74) is 2.19. The van der Waals surface area contributed by atoms with Crippen molar-refractivity contribution < 1.29 is 0 Å². The summed E-state index contributed by atoms with van der Waals surface area (Å²) in [5.74, 6) is 1.87. The number of hydrogen-bond acceptors (Lipinski definition) is 2. The first-order valence-corrected chi connectivity index (χ1v) is 8.33. The van der Waals surface area contributed by atoms with Crippen molar-refractivity contribution in [3.63, 3.8) is 0 Å². The van der Waals surface area contributed by atoms with Crippen LogP contribution >= 0.6 is 24.0 Å². The lowest BCUT2D eigenvalue weighted by Crippen LogP contribution is -2.38. The fourth-order valence-electron chi connectivity index (χ4n) is 2.32. The highest BCUT2D eigenvalue weighted by Gasteiger charge is 2.09. The average molecular weight is 441 g/mol. The molecule has 1 aromatic heterocycles. The van der Waals surface area contributed by atoms with Crippen molar-refractivity contribution in [3.05, 3.63) is 42.4 Å². The Balaban J connectivity index is 0.00000288. The quantitative estimate of drug-likeness (QED) is 0.297. The largest absolute Gasteiger partial charge is 0.357 e. The molecule has 2 aromatic rings. The number of nitrogens with one attached hydrogen (secondary N) is 2. The van der Waals surface area contributed by atoms with Gasteiger partial charge in [-0.2, -0.15) is 0 Å². The topological polar surface area (TPSA) is 56.3 Å². The molecule has 0 aliphatic carbocycles. The van der Waals surface area contributed by atoms with E-state index in [0.29, 0.717) is 6.54 Å². The van der Waals surface area contributed by atoms with Crippen LogP contribution in [-0.2, 0) is 6.54 Å². The average Bonchev–Trinajstić information content (AvgIpc) is 3.03. The van der Waals surface area contributed by atoms with Crippen LogP contribution in [-0.4, -0.2) is 41.0 Å². The predicted octanol–water partition coefficient (Wildman–Crippen LogP) is 3.89. The number of halogens is 1. The number of unbranched alkanes of at least 4 members (excludes halogenated alkanes) is 1. The molecule has 132 valence electrons. The Morgan fingerprint density at radius 3 is 2.67 bits per heavy atom. The number of hydrogen-bond donors (Lipinski definition) is 2. The Bertz CT molecular complexity index is 609. The summed E-state index contributed by atoms with van der Waals surface area (Å²) >= 11 is 0. The molecule has 0 spiro atoms. The van der Waals surface area contributed by atoms with E-state index in [-0.39, 0.29) is 24.0 Å². The number of guanidine groups is 1. The third-order valence-electron chi connectivity index (χ3n) is 3.57. The third kappa shape index (κ3) is 6.14. The van der Waals surface area contributed by atoms with Crippen molar-refractivity contribution >= 4 is 29.9 Å². The molecule has 0 atom stereocenters. The number of benzene rings is 1. The van der Waals surface area contributed by atoms with Gasteiger partial charge in [-0.15, -0.1) is 24.0 Å². The van der Waals surface area contributed by atoms with E-state index in [9.17, 15) is 0 Å². The molecular weight excluding hydrogens is 413 g/mol. The number of aromatic nitrogens is 2. The van der Waals surface area contributed by atoms with Gasteiger partial charge in [0.1, 0.15) is 5.82 Å². The second kappa shape index (κ2) is 11.1. The Morgan fingerprint density at radius 2 is 2.00 bits per heavy atom. The summed E-state index contributed by atoms with van der Waals surface area (Å²) in [6.45, 7) is 6.69. The van der Waals surface area contributed by atoms with Gasteiger partial charge in [0.15, 0.2) is 5.96 Å². The maximum absolute atomic E-state index is 4.65. The minimum absolute atomic E-state index is 0. The van der Waals surface area contributed by atoms with Gasteiger partial charge in [0, 0.05) is 20.1 Å². The van der Waals surface area contributed by atoms with Crippen LogP contribution in [0, 0.1) is 0 Å². The highest BCUT2D eigenvalue weighted by atomic mass is 127. The van der Waals surface area contributed by atoms with E-state index in [1.165, 1.54) is 0 Å². The Morgan fingerprint density at radius 1 is 1.25 bits per heavy atom. The first-order chi connectivity index (χ1) is 11.2. The third-order valence-corrected chi connectivity index (χ3v) is 3.57. The molecule has 0 unspecified atom stereocenters. The van der Waals surface area contributed by atoms with Gasteiger partial charge in [-0.05, 0) is 18.9 Å². The molecule has 6 heteroatoms. The Kier molecular flexibility index (Phi) is 9.44. The van der Waals surface area contributed by atoms with Gasteiger partial charge in [-0.25, -0.2) is 4.98 Å². The summed E-state index contributed by atoms with van der Waals surface area (Å²) in [6, 6.07) is 10.2. The molecular formula is C18H28IN5. The molecule has 0 amide bonds. The van der Waals surface area contributed by atoms with Crippen molar-refractivity contribution in [3.8, 4) is 11.3 Å². The molecule has 1 heterocycles. The van der Waals surface area contributed by atoms with Crippen LogP contribution in [0.1, 0.15) is 32.5 Å². The number of imidazole rings is 1. The second-order valence-electron chi connectivity index (χ2n) is 5.55. The number of nitrogens with zero attached hydrogens (tertiary/aromatic N) is 3. The van der Waals surface area contributed by atoms with E-state index < -0.39 is 0 Å². The molecule has 1 aromatic carbocycles. The molecule has 0 fully saturated rings. The normalized spacial score (nSPS) is 11.0. The molecule has 5 nitrogen and oxygen atoms in total. The van der Waals surface area contributed by atoms with E-state index in [0.717, 1.165) is 49.0 Å². The van der Waals surface area contributed by atoms with E-state index in [2.05, 4.69) is 51.2 Å². The zero-order chi connectivity index (χ0) is 16.5. The van der Waals surface area contributed by atoms with E-state index in [1.807, 2.05) is 31.4 Å². The van der Waals surface area contributed by atoms with Crippen molar-refractivity contribution in [2.45, 2.75) is 33.2 Å². The first-order valence-electron chi connectivity index (χ1n) is 8.33. The van der Waals surface area contributed by atoms with Crippen molar-refractivity contribution in [2.24, 2.45) is 4.99 Å². The summed E-state index contributed by atoms with van der Waals surface area (Å²) in [4.78, 5) is 14.6. The highest BCUT2D eigenvalue weighted by molar-refractivity contribution is 14.0. The molecule has 0 saturated heterocycles. The van der Waals surface area contributed by atoms with Gasteiger partial charge in [-0.1, -0.05) is 43.7 Å². The number of rotatable bonds is 7. The summed E-state index contributed by atoms with van der Waals surface area (Å²) in [7, 11) is 2.04. The van der Waals surface area contributed by atoms with Gasteiger partial charge in [-0.3, -0.25) is 4.99 Å². The fraction of sp³-hybridized carbons (Fsp3) is 0.444. The molecule has 0 saturated carbocycles. The van der Waals surface area contributed by atoms with Gasteiger partial charge >= 0.3 is 0 Å². The number of aliphatic imine (C=N–C) groups is 1. The van der Waals surface area contributed by atoms with Crippen LogP contribution in [0.25, 0.3) is 11.3 Å². The Hall–Kier alpha value is -1.57. The van der Waals surface area contributed by atoms with Crippen LogP contribution in [0.2, 0.25) is 0 Å². The monoisotopic (exact) mass is 441 g/mol. The van der Waals surface area contributed by atoms with Crippen LogP contribution in [0.4, 0.5) is 0 Å². The maximum Gasteiger partial charge on any atom is 0.194 e. The maximum atomic E-state index is 4.65. The standard InChI is InChI=1S/C18H27N5.HI/c1-4-6-12-20-18(19-5-2)23(3)14-17-21-13-16(22-17)15-10-8-7-9-11-15;/h7-11,13H,4-6,12,14H2,1-3H3,(H,19,20)(H,21,22);1H. The zero-order valence-electron chi connectivity index (χ0n) is 14.7. The van der Waals surface area contributed by atoms with Crippen LogP contribution in [0.15, 0.2) is 41.5 Å². The summed E-state index contributed by atoms with van der Waals surface area (Å²) in [5, 5.41) is 3.33. The molecule has 24 heavy (non-hydrogen) atoms. The molecule has 2 rings (SSSR count). The van der Waals surface area contributed by atoms with Gasteiger partial charge in [0.25, 0.3) is 0 Å². The Labute approximate surface area is 162 Å². The summed E-state index contributed by atoms with van der Waals surface area (Å²) in [6.07, 6.45) is 4.16. The predicted molar refractivity (Wildman–Crippen MR) is 112 cm³/mol. The van der Waals surface area contributed by atoms with Crippen LogP contribution < -0.4 is 5.32 Å². The number of H-pyrrole nitrogens is 1. The summed E-state index contributed by atoms with van der Waals surface area (Å²) < 4.78 is 0. The van der Waals surface area contributed by atoms with Crippen molar-refractivity contribution in [1.29, 1.82) is 0 Å². The molecule has 2 N–H and O–H groups in total. The number of aromatic amines is 1. The zero-order valence-corrected chi connectivity index (χ0v) is 17.1. The van der Waals surface area contributed by atoms with Gasteiger partial charge in [0.2, 0.25) is 0 Å². The minimum Gasteiger partial charge on any atom is -0.357 e. The van der Waals surface area contributed by atoms with Gasteiger partial charge in [0.05, 0.1) is 18.4 Å². The lowest BCUT2D eigenvalue weighted by atomic mass is 10.2. The van der Waals surface area contributed by atoms with E-state index in [1.54, 1.807) is 0 Å². The fourth-order valence-corrected chi connectivity index (χ4v) is 2.32. The lowest BCUT2D eigenvalue weighted by molar-refractivity contribution is 0.463. The van der Waals surface area contributed by atoms with Crippen LogP contribution in [0.5, 0.6) is 0 Å². The van der Waals surface area contributed by atoms with Crippen molar-refractivity contribution in [1.82, 2.24) is 20.2 Å². The minimum atomic E-state index is 0. The lowest BCUT2D eigenvalue weighted by Gasteiger charge is -2.21. The van der Waals surface area contributed by atoms with Crippen LogP contribution in [0.3, 0.4) is 0 Å². The smallest absolute Gasteiger partial charge is 0.194 e. The molecule has 0 aliphatic heterocycles. The van der Waals surface area contributed by atoms with Crippen molar-refractivity contribution in [2.75, 3.05) is 20.1 Å². The second-order valence-corrected chi connectivity index (χ2v) is 5.55. The van der Waals surface area contributed by atoms with E-state index >= 15 is 0 Å². The highest BCUT2D eigenvalue weighted by Crippen LogP contribution is 2.16.